The lowest BCUT2D eigenvalue weighted by Gasteiger charge is -2.32. The molecular weight excluding hydrogens is 346 g/mol. The highest BCUT2D eigenvalue weighted by molar-refractivity contribution is 7.89. The Hall–Kier alpha value is -1.71. The van der Waals surface area contributed by atoms with Gasteiger partial charge in [-0.25, -0.2) is 8.42 Å². The number of aliphatic hydroxyl groups excluding tert-OH is 1. The van der Waals surface area contributed by atoms with Gasteiger partial charge in [0.25, 0.3) is 5.69 Å². The van der Waals surface area contributed by atoms with Crippen molar-refractivity contribution in [2.45, 2.75) is 43.1 Å². The quantitative estimate of drug-likeness (QED) is 0.640. The number of hydrogen-bond donors (Lipinski definition) is 1. The third kappa shape index (κ3) is 3.78. The number of hydrogen-bond acceptors (Lipinski definition) is 6. The van der Waals surface area contributed by atoms with E-state index in [1.165, 1.54) is 16.4 Å². The van der Waals surface area contributed by atoms with Crippen LogP contribution < -0.4 is 4.90 Å². The van der Waals surface area contributed by atoms with Crippen LogP contribution in [0.4, 0.5) is 11.4 Å². The Kier molecular flexibility index (Phi) is 5.26. The summed E-state index contributed by atoms with van der Waals surface area (Å²) < 4.78 is 26.9. The van der Waals surface area contributed by atoms with Crippen molar-refractivity contribution in [1.29, 1.82) is 0 Å². The van der Waals surface area contributed by atoms with Gasteiger partial charge in [0.1, 0.15) is 5.69 Å². The summed E-state index contributed by atoms with van der Waals surface area (Å²) in [4.78, 5) is 12.7. The molecule has 0 amide bonds. The number of β-amino-alcohol motifs (C(OH)–C–C–N with tert-alkyl or cyclic N) is 1. The molecule has 1 aromatic carbocycles. The Labute approximate surface area is 147 Å². The lowest BCUT2D eigenvalue weighted by molar-refractivity contribution is -0.384. The molecule has 0 spiro atoms. The van der Waals surface area contributed by atoms with Gasteiger partial charge < -0.3 is 10.0 Å². The molecule has 138 valence electrons. The van der Waals surface area contributed by atoms with Crippen LogP contribution in [-0.4, -0.2) is 55.0 Å². The number of piperidine rings is 2. The second-order valence-corrected chi connectivity index (χ2v) is 8.55. The van der Waals surface area contributed by atoms with Gasteiger partial charge in [-0.2, -0.15) is 4.31 Å². The van der Waals surface area contributed by atoms with E-state index in [0.717, 1.165) is 31.7 Å². The van der Waals surface area contributed by atoms with E-state index in [0.29, 0.717) is 38.3 Å². The third-order valence-electron chi connectivity index (χ3n) is 4.83. The molecule has 1 atom stereocenters. The van der Waals surface area contributed by atoms with E-state index in [9.17, 15) is 23.6 Å². The van der Waals surface area contributed by atoms with E-state index in [2.05, 4.69) is 0 Å². The minimum Gasteiger partial charge on any atom is -0.391 e. The van der Waals surface area contributed by atoms with Gasteiger partial charge >= 0.3 is 0 Å². The third-order valence-corrected chi connectivity index (χ3v) is 6.73. The predicted molar refractivity (Wildman–Crippen MR) is 93.2 cm³/mol. The first-order chi connectivity index (χ1) is 11.9. The fourth-order valence-electron chi connectivity index (χ4n) is 3.51. The number of rotatable bonds is 4. The van der Waals surface area contributed by atoms with Crippen molar-refractivity contribution in [1.82, 2.24) is 4.31 Å². The van der Waals surface area contributed by atoms with Crippen molar-refractivity contribution in [3.05, 3.63) is 28.3 Å². The summed E-state index contributed by atoms with van der Waals surface area (Å²) in [5.74, 6) is 0. The van der Waals surface area contributed by atoms with Crippen LogP contribution in [0.25, 0.3) is 0 Å². The fourth-order valence-corrected chi connectivity index (χ4v) is 5.04. The molecule has 9 heteroatoms. The largest absolute Gasteiger partial charge is 0.391 e. The van der Waals surface area contributed by atoms with Crippen molar-refractivity contribution in [2.24, 2.45) is 0 Å². The maximum atomic E-state index is 12.8. The zero-order chi connectivity index (χ0) is 18.0. The van der Waals surface area contributed by atoms with Crippen LogP contribution in [0.3, 0.4) is 0 Å². The Morgan fingerprint density at radius 2 is 1.84 bits per heavy atom. The first-order valence-corrected chi connectivity index (χ1v) is 10.1. The van der Waals surface area contributed by atoms with Crippen molar-refractivity contribution >= 4 is 21.4 Å². The topological polar surface area (TPSA) is 104 Å². The van der Waals surface area contributed by atoms with Crippen molar-refractivity contribution in [3.8, 4) is 0 Å². The number of anilines is 1. The predicted octanol–water partition coefficient (Wildman–Crippen LogP) is 1.73. The molecule has 1 N–H and O–H groups in total. The number of nitro groups is 1. The fraction of sp³-hybridized carbons (Fsp3) is 0.625. The van der Waals surface area contributed by atoms with Gasteiger partial charge in [-0.3, -0.25) is 10.1 Å². The minimum absolute atomic E-state index is 0.0394. The number of aliphatic hydroxyl groups is 1. The Morgan fingerprint density at radius 1 is 1.12 bits per heavy atom. The summed E-state index contributed by atoms with van der Waals surface area (Å²) in [6.45, 7) is 1.83. The lowest BCUT2D eigenvalue weighted by Crippen LogP contribution is -2.38. The van der Waals surface area contributed by atoms with Crippen LogP contribution >= 0.6 is 0 Å². The Bertz CT molecular complexity index is 746. The molecule has 25 heavy (non-hydrogen) atoms. The van der Waals surface area contributed by atoms with Crippen LogP contribution in [-0.2, 0) is 10.0 Å². The van der Waals surface area contributed by atoms with Crippen LogP contribution in [0, 0.1) is 10.1 Å². The summed E-state index contributed by atoms with van der Waals surface area (Å²) >= 11 is 0. The van der Waals surface area contributed by atoms with E-state index < -0.39 is 21.1 Å². The molecule has 2 fully saturated rings. The van der Waals surface area contributed by atoms with Crippen LogP contribution in [0.2, 0.25) is 0 Å². The van der Waals surface area contributed by atoms with Crippen molar-refractivity contribution < 1.29 is 18.4 Å². The van der Waals surface area contributed by atoms with Gasteiger partial charge in [0.2, 0.25) is 10.0 Å². The average Bonchev–Trinajstić information content (AvgIpc) is 2.62. The van der Waals surface area contributed by atoms with Gasteiger partial charge in [-0.1, -0.05) is 6.42 Å². The molecule has 2 saturated heterocycles. The van der Waals surface area contributed by atoms with Crippen LogP contribution in [0.15, 0.2) is 23.1 Å². The van der Waals surface area contributed by atoms with E-state index in [-0.39, 0.29) is 10.6 Å². The summed E-state index contributed by atoms with van der Waals surface area (Å²) in [7, 11) is -3.72. The standard InChI is InChI=1S/C16H23N3O5S/c20-13-5-4-8-17(12-13)15-7-6-14(11-16(15)19(21)22)25(23,24)18-9-2-1-3-10-18/h6-7,11,13,20H,1-5,8-10,12H2. The molecule has 2 aliphatic heterocycles. The summed E-state index contributed by atoms with van der Waals surface area (Å²) in [5, 5.41) is 21.3. The number of sulfonamides is 1. The van der Waals surface area contributed by atoms with Gasteiger partial charge in [0.05, 0.1) is 15.9 Å². The van der Waals surface area contributed by atoms with Gasteiger partial charge in [0, 0.05) is 32.2 Å². The van der Waals surface area contributed by atoms with E-state index in [4.69, 9.17) is 0 Å². The second kappa shape index (κ2) is 7.27. The molecule has 0 aromatic heterocycles. The zero-order valence-corrected chi connectivity index (χ0v) is 14.8. The number of benzene rings is 1. The average molecular weight is 369 g/mol. The SMILES string of the molecule is O=[N+]([O-])c1cc(S(=O)(=O)N2CCCCC2)ccc1N1CCCC(O)C1. The van der Waals surface area contributed by atoms with E-state index >= 15 is 0 Å². The molecule has 0 aliphatic carbocycles. The highest BCUT2D eigenvalue weighted by Gasteiger charge is 2.30. The minimum atomic E-state index is -3.72. The molecule has 8 nitrogen and oxygen atoms in total. The normalized spacial score (nSPS) is 22.8. The lowest BCUT2D eigenvalue weighted by atomic mass is 10.1. The first-order valence-electron chi connectivity index (χ1n) is 8.61. The highest BCUT2D eigenvalue weighted by atomic mass is 32.2. The summed E-state index contributed by atoms with van der Waals surface area (Å²) in [5.41, 5.74) is 0.133. The molecule has 0 bridgehead atoms. The highest BCUT2D eigenvalue weighted by Crippen LogP contribution is 2.33. The molecule has 2 aliphatic rings. The van der Waals surface area contributed by atoms with Gasteiger partial charge in [0.15, 0.2) is 0 Å². The monoisotopic (exact) mass is 369 g/mol. The van der Waals surface area contributed by atoms with Crippen molar-refractivity contribution in [2.75, 3.05) is 31.1 Å². The molecule has 0 radical (unpaired) electrons. The van der Waals surface area contributed by atoms with Crippen LogP contribution in [0.5, 0.6) is 0 Å². The zero-order valence-electron chi connectivity index (χ0n) is 14.0. The van der Waals surface area contributed by atoms with E-state index in [1.807, 2.05) is 0 Å². The number of nitrogens with zero attached hydrogens (tertiary/aromatic N) is 3. The molecular formula is C16H23N3O5S. The van der Waals surface area contributed by atoms with Gasteiger partial charge in [-0.15, -0.1) is 0 Å². The maximum Gasteiger partial charge on any atom is 0.293 e. The summed E-state index contributed by atoms with van der Waals surface area (Å²) in [6.07, 6.45) is 3.52. The number of nitro benzene ring substituents is 1. The molecule has 1 aromatic rings. The molecule has 0 saturated carbocycles. The Morgan fingerprint density at radius 3 is 2.48 bits per heavy atom. The van der Waals surface area contributed by atoms with Crippen molar-refractivity contribution in [3.63, 3.8) is 0 Å². The maximum absolute atomic E-state index is 12.8. The van der Waals surface area contributed by atoms with Gasteiger partial charge in [-0.05, 0) is 37.8 Å². The summed E-state index contributed by atoms with van der Waals surface area (Å²) in [6, 6.07) is 4.08. The first kappa shape index (κ1) is 18.1. The smallest absolute Gasteiger partial charge is 0.293 e. The van der Waals surface area contributed by atoms with E-state index in [1.54, 1.807) is 4.90 Å². The molecule has 2 heterocycles. The van der Waals surface area contributed by atoms with Crippen LogP contribution in [0.1, 0.15) is 32.1 Å². The second-order valence-electron chi connectivity index (χ2n) is 6.61. The molecule has 3 rings (SSSR count). The molecule has 1 unspecified atom stereocenters. The Balaban J connectivity index is 1.95.